The normalized spacial score (nSPS) is 17.2. The van der Waals surface area contributed by atoms with Crippen LogP contribution in [0.1, 0.15) is 19.3 Å². The molecule has 0 spiro atoms. The molecule has 1 aliphatic carbocycles. The zero-order valence-corrected chi connectivity index (χ0v) is 13.1. The quantitative estimate of drug-likeness (QED) is 0.772. The van der Waals surface area contributed by atoms with Crippen molar-refractivity contribution in [2.24, 2.45) is 5.92 Å². The standard InChI is InChI=1S/C20H23NO/c1-22-20-13-12-18(17-10-6-3-7-11-17)14-19(20)21-15-16-8-4-2-5-9-16/h2-4,6-7,10-14,16,21H,5,8-9,15H2,1H3/t16-/m1/s1. The number of rotatable bonds is 5. The molecule has 0 unspecified atom stereocenters. The van der Waals surface area contributed by atoms with Gasteiger partial charge in [0.25, 0.3) is 0 Å². The van der Waals surface area contributed by atoms with Gasteiger partial charge in [0.05, 0.1) is 12.8 Å². The Morgan fingerprint density at radius 2 is 1.91 bits per heavy atom. The van der Waals surface area contributed by atoms with E-state index in [1.54, 1.807) is 7.11 Å². The third-order valence-electron chi connectivity index (χ3n) is 4.27. The Balaban J connectivity index is 1.77. The first-order chi connectivity index (χ1) is 10.9. The monoisotopic (exact) mass is 293 g/mol. The molecule has 0 saturated heterocycles. The number of hydrogen-bond acceptors (Lipinski definition) is 2. The highest BCUT2D eigenvalue weighted by Gasteiger charge is 2.11. The number of benzene rings is 2. The summed E-state index contributed by atoms with van der Waals surface area (Å²) in [6.07, 6.45) is 8.23. The Labute approximate surface area is 132 Å². The van der Waals surface area contributed by atoms with Crippen LogP contribution in [0.15, 0.2) is 60.7 Å². The molecule has 0 bridgehead atoms. The summed E-state index contributed by atoms with van der Waals surface area (Å²) in [7, 11) is 1.73. The maximum atomic E-state index is 5.50. The Morgan fingerprint density at radius 1 is 1.05 bits per heavy atom. The highest BCUT2D eigenvalue weighted by atomic mass is 16.5. The third-order valence-corrected chi connectivity index (χ3v) is 4.27. The van der Waals surface area contributed by atoms with Gasteiger partial charge in [0.15, 0.2) is 0 Å². The van der Waals surface area contributed by atoms with Crippen molar-refractivity contribution >= 4 is 5.69 Å². The van der Waals surface area contributed by atoms with Gasteiger partial charge in [-0.05, 0) is 48.4 Å². The predicted molar refractivity (Wildman–Crippen MR) is 93.4 cm³/mol. The molecule has 2 aromatic carbocycles. The van der Waals surface area contributed by atoms with Gasteiger partial charge in [-0.25, -0.2) is 0 Å². The summed E-state index contributed by atoms with van der Waals surface area (Å²) < 4.78 is 5.50. The summed E-state index contributed by atoms with van der Waals surface area (Å²) in [5.74, 6) is 1.63. The van der Waals surface area contributed by atoms with Gasteiger partial charge in [0.2, 0.25) is 0 Å². The number of hydrogen-bond donors (Lipinski definition) is 1. The van der Waals surface area contributed by atoms with Crippen LogP contribution >= 0.6 is 0 Å². The molecule has 1 atom stereocenters. The molecule has 0 radical (unpaired) electrons. The summed E-state index contributed by atoms with van der Waals surface area (Å²) in [6, 6.07) is 16.8. The zero-order chi connectivity index (χ0) is 15.2. The van der Waals surface area contributed by atoms with Crippen molar-refractivity contribution < 1.29 is 4.74 Å². The van der Waals surface area contributed by atoms with Crippen molar-refractivity contribution in [3.8, 4) is 16.9 Å². The average Bonchev–Trinajstić information content (AvgIpc) is 2.61. The Bertz CT molecular complexity index is 633. The van der Waals surface area contributed by atoms with E-state index < -0.39 is 0 Å². The van der Waals surface area contributed by atoms with Crippen LogP contribution in [0.5, 0.6) is 5.75 Å². The van der Waals surface area contributed by atoms with E-state index in [0.29, 0.717) is 0 Å². The van der Waals surface area contributed by atoms with E-state index in [0.717, 1.165) is 23.9 Å². The molecular formula is C20H23NO. The number of allylic oxidation sites excluding steroid dienone is 2. The molecule has 0 fully saturated rings. The maximum Gasteiger partial charge on any atom is 0.141 e. The Morgan fingerprint density at radius 3 is 2.64 bits per heavy atom. The van der Waals surface area contributed by atoms with Crippen LogP contribution in [0.4, 0.5) is 5.69 Å². The second-order valence-corrected chi connectivity index (χ2v) is 5.81. The van der Waals surface area contributed by atoms with Crippen LogP contribution < -0.4 is 10.1 Å². The maximum absolute atomic E-state index is 5.50. The summed E-state index contributed by atoms with van der Waals surface area (Å²) in [4.78, 5) is 0. The number of nitrogens with one attached hydrogen (secondary N) is 1. The van der Waals surface area contributed by atoms with Crippen LogP contribution in [0.3, 0.4) is 0 Å². The van der Waals surface area contributed by atoms with Crippen molar-refractivity contribution in [3.05, 3.63) is 60.7 Å². The second-order valence-electron chi connectivity index (χ2n) is 5.81. The molecule has 2 aromatic rings. The number of anilines is 1. The predicted octanol–water partition coefficient (Wildman–Crippen LogP) is 5.13. The third kappa shape index (κ3) is 3.51. The molecule has 22 heavy (non-hydrogen) atoms. The van der Waals surface area contributed by atoms with Crippen LogP contribution in [0.25, 0.3) is 11.1 Å². The lowest BCUT2D eigenvalue weighted by Crippen LogP contribution is -2.15. The average molecular weight is 293 g/mol. The molecule has 0 saturated carbocycles. The highest BCUT2D eigenvalue weighted by Crippen LogP contribution is 2.31. The molecule has 1 aliphatic rings. The summed E-state index contributed by atoms with van der Waals surface area (Å²) >= 11 is 0. The van der Waals surface area contributed by atoms with E-state index in [9.17, 15) is 0 Å². The lowest BCUT2D eigenvalue weighted by atomic mass is 9.94. The largest absolute Gasteiger partial charge is 0.495 e. The first kappa shape index (κ1) is 14.7. The topological polar surface area (TPSA) is 21.3 Å². The second kappa shape index (κ2) is 7.17. The van der Waals surface area contributed by atoms with E-state index in [1.807, 2.05) is 12.1 Å². The highest BCUT2D eigenvalue weighted by molar-refractivity contribution is 5.71. The molecule has 0 aromatic heterocycles. The minimum absolute atomic E-state index is 0.718. The molecular weight excluding hydrogens is 270 g/mol. The Hall–Kier alpha value is -2.22. The minimum atomic E-state index is 0.718. The van der Waals surface area contributed by atoms with Crippen LogP contribution in [-0.4, -0.2) is 13.7 Å². The zero-order valence-electron chi connectivity index (χ0n) is 13.1. The van der Waals surface area contributed by atoms with Crippen molar-refractivity contribution in [2.75, 3.05) is 19.0 Å². The molecule has 114 valence electrons. The number of methoxy groups -OCH3 is 1. The van der Waals surface area contributed by atoms with Crippen molar-refractivity contribution in [2.45, 2.75) is 19.3 Å². The van der Waals surface area contributed by atoms with Gasteiger partial charge in [0, 0.05) is 6.54 Å². The van der Waals surface area contributed by atoms with E-state index in [4.69, 9.17) is 4.74 Å². The van der Waals surface area contributed by atoms with Crippen molar-refractivity contribution in [1.82, 2.24) is 0 Å². The van der Waals surface area contributed by atoms with Crippen molar-refractivity contribution in [3.63, 3.8) is 0 Å². The first-order valence-electron chi connectivity index (χ1n) is 7.99. The van der Waals surface area contributed by atoms with E-state index >= 15 is 0 Å². The molecule has 3 rings (SSSR count). The van der Waals surface area contributed by atoms with Gasteiger partial charge in [0.1, 0.15) is 5.75 Å². The van der Waals surface area contributed by atoms with E-state index in [-0.39, 0.29) is 0 Å². The van der Waals surface area contributed by atoms with Crippen molar-refractivity contribution in [1.29, 1.82) is 0 Å². The van der Waals surface area contributed by atoms with E-state index in [1.165, 1.54) is 30.4 Å². The minimum Gasteiger partial charge on any atom is -0.495 e. The van der Waals surface area contributed by atoms with Gasteiger partial charge < -0.3 is 10.1 Å². The van der Waals surface area contributed by atoms with Gasteiger partial charge in [-0.3, -0.25) is 0 Å². The molecule has 2 nitrogen and oxygen atoms in total. The fourth-order valence-electron chi connectivity index (χ4n) is 2.95. The molecule has 0 aliphatic heterocycles. The van der Waals surface area contributed by atoms with Crippen LogP contribution in [0.2, 0.25) is 0 Å². The summed E-state index contributed by atoms with van der Waals surface area (Å²) in [6.45, 7) is 0.999. The molecule has 0 amide bonds. The van der Waals surface area contributed by atoms with Crippen LogP contribution in [0, 0.1) is 5.92 Å². The van der Waals surface area contributed by atoms with E-state index in [2.05, 4.69) is 53.9 Å². The lowest BCUT2D eigenvalue weighted by Gasteiger charge is -2.20. The van der Waals surface area contributed by atoms with Gasteiger partial charge in [-0.2, -0.15) is 0 Å². The molecule has 1 N–H and O–H groups in total. The fraction of sp³-hybridized carbons (Fsp3) is 0.300. The number of ether oxygens (including phenoxy) is 1. The molecule has 0 heterocycles. The van der Waals surface area contributed by atoms with Gasteiger partial charge >= 0.3 is 0 Å². The molecule has 2 heteroatoms. The SMILES string of the molecule is COc1ccc(-c2ccccc2)cc1NC[C@@H]1CC=CCC1. The first-order valence-corrected chi connectivity index (χ1v) is 7.99. The van der Waals surface area contributed by atoms with Gasteiger partial charge in [-0.1, -0.05) is 48.6 Å². The Kier molecular flexibility index (Phi) is 4.79. The summed E-state index contributed by atoms with van der Waals surface area (Å²) in [5.41, 5.74) is 3.53. The smallest absolute Gasteiger partial charge is 0.141 e. The fourth-order valence-corrected chi connectivity index (χ4v) is 2.95. The summed E-state index contributed by atoms with van der Waals surface area (Å²) in [5, 5.41) is 3.59. The lowest BCUT2D eigenvalue weighted by molar-refractivity contribution is 0.415. The van der Waals surface area contributed by atoms with Gasteiger partial charge in [-0.15, -0.1) is 0 Å². The van der Waals surface area contributed by atoms with Crippen LogP contribution in [-0.2, 0) is 0 Å².